The van der Waals surface area contributed by atoms with E-state index in [0.29, 0.717) is 6.42 Å². The second-order valence-electron chi connectivity index (χ2n) is 2.72. The number of aromatic nitrogens is 2. The van der Waals surface area contributed by atoms with Crippen molar-refractivity contribution in [1.82, 2.24) is 9.78 Å². The molecule has 1 heterocycles. The fourth-order valence-electron chi connectivity index (χ4n) is 0.995. The van der Waals surface area contributed by atoms with Gasteiger partial charge in [0.05, 0.1) is 13.3 Å². The third kappa shape index (κ3) is 2.73. The van der Waals surface area contributed by atoms with E-state index in [1.165, 1.54) is 7.11 Å². The average Bonchev–Trinajstić information content (AvgIpc) is 2.49. The summed E-state index contributed by atoms with van der Waals surface area (Å²) >= 11 is 5.76. The summed E-state index contributed by atoms with van der Waals surface area (Å²) in [7, 11) is 3.13. The molecule has 0 aliphatic carbocycles. The molecule has 1 aromatic rings. The molecule has 0 amide bonds. The normalized spacial score (nSPS) is 12.5. The van der Waals surface area contributed by atoms with Gasteiger partial charge in [0.15, 0.2) is 0 Å². The number of ether oxygens (including phenoxy) is 1. The minimum absolute atomic E-state index is 0.412. The van der Waals surface area contributed by atoms with Gasteiger partial charge in [-0.1, -0.05) is 0 Å². The molecule has 1 rings (SSSR count). The van der Waals surface area contributed by atoms with E-state index in [0.717, 1.165) is 5.56 Å². The number of aryl methyl sites for hydroxylation is 1. The van der Waals surface area contributed by atoms with Gasteiger partial charge in [-0.25, -0.2) is 0 Å². The molecule has 0 saturated heterocycles. The van der Waals surface area contributed by atoms with Crippen LogP contribution in [0.25, 0.3) is 0 Å². The van der Waals surface area contributed by atoms with Gasteiger partial charge in [-0.3, -0.25) is 9.48 Å². The van der Waals surface area contributed by atoms with Crippen LogP contribution in [-0.2, 0) is 23.0 Å². The highest BCUT2D eigenvalue weighted by atomic mass is 35.5. The van der Waals surface area contributed by atoms with Gasteiger partial charge in [0.1, 0.15) is 5.38 Å². The predicted octanol–water partition coefficient (Wildman–Crippen LogP) is 0.743. The van der Waals surface area contributed by atoms with Gasteiger partial charge >= 0.3 is 5.97 Å². The van der Waals surface area contributed by atoms with Crippen LogP contribution in [0.3, 0.4) is 0 Å². The number of methoxy groups -OCH3 is 1. The first-order valence-corrected chi connectivity index (χ1v) is 4.26. The fourth-order valence-corrected chi connectivity index (χ4v) is 1.26. The number of nitrogens with zero attached hydrogens (tertiary/aromatic N) is 2. The second kappa shape index (κ2) is 4.28. The minimum atomic E-state index is -0.630. The van der Waals surface area contributed by atoms with E-state index >= 15 is 0 Å². The zero-order valence-corrected chi connectivity index (χ0v) is 8.28. The summed E-state index contributed by atoms with van der Waals surface area (Å²) in [4.78, 5) is 10.9. The topological polar surface area (TPSA) is 44.1 Å². The number of rotatable bonds is 3. The van der Waals surface area contributed by atoms with Crippen molar-refractivity contribution in [3.8, 4) is 0 Å². The Bertz CT molecular complexity index is 298. The lowest BCUT2D eigenvalue weighted by Crippen LogP contribution is -2.18. The number of esters is 1. The largest absolute Gasteiger partial charge is 0.468 e. The summed E-state index contributed by atoms with van der Waals surface area (Å²) in [5, 5.41) is 3.33. The summed E-state index contributed by atoms with van der Waals surface area (Å²) in [5.74, 6) is -0.412. The SMILES string of the molecule is COC(=O)C(Cl)Cc1cnn(C)c1. The first-order chi connectivity index (χ1) is 6.13. The Kier molecular flexibility index (Phi) is 3.31. The van der Waals surface area contributed by atoms with E-state index in [4.69, 9.17) is 11.6 Å². The van der Waals surface area contributed by atoms with E-state index in [9.17, 15) is 4.79 Å². The lowest BCUT2D eigenvalue weighted by atomic mass is 10.2. The fraction of sp³-hybridized carbons (Fsp3) is 0.500. The molecule has 0 spiro atoms. The molecular formula is C8H11ClN2O2. The van der Waals surface area contributed by atoms with Crippen LogP contribution in [0, 0.1) is 0 Å². The summed E-state index contributed by atoms with van der Waals surface area (Å²) in [5.41, 5.74) is 0.924. The second-order valence-corrected chi connectivity index (χ2v) is 3.24. The van der Waals surface area contributed by atoms with Crippen LogP contribution in [0.1, 0.15) is 5.56 Å². The minimum Gasteiger partial charge on any atom is -0.468 e. The van der Waals surface area contributed by atoms with Crippen molar-refractivity contribution in [2.75, 3.05) is 7.11 Å². The maximum Gasteiger partial charge on any atom is 0.324 e. The van der Waals surface area contributed by atoms with Crippen LogP contribution in [0.2, 0.25) is 0 Å². The number of hydrogen-bond donors (Lipinski definition) is 0. The van der Waals surface area contributed by atoms with E-state index in [2.05, 4.69) is 9.84 Å². The lowest BCUT2D eigenvalue weighted by molar-refractivity contribution is -0.140. The molecule has 1 atom stereocenters. The van der Waals surface area contributed by atoms with Crippen LogP contribution in [-0.4, -0.2) is 28.2 Å². The molecule has 1 unspecified atom stereocenters. The standard InChI is InChI=1S/C8H11ClN2O2/c1-11-5-6(4-10-11)3-7(9)8(12)13-2/h4-5,7H,3H2,1-2H3. The zero-order valence-electron chi connectivity index (χ0n) is 7.53. The van der Waals surface area contributed by atoms with Gasteiger partial charge in [-0.2, -0.15) is 5.10 Å². The Morgan fingerprint density at radius 1 is 1.85 bits per heavy atom. The van der Waals surface area contributed by atoms with Crippen molar-refractivity contribution in [2.45, 2.75) is 11.8 Å². The summed E-state index contributed by atoms with van der Waals surface area (Å²) in [6.45, 7) is 0. The maximum absolute atomic E-state index is 10.9. The van der Waals surface area contributed by atoms with Crippen molar-refractivity contribution in [3.05, 3.63) is 18.0 Å². The van der Waals surface area contributed by atoms with Crippen LogP contribution in [0.15, 0.2) is 12.4 Å². The molecule has 0 saturated carbocycles. The average molecular weight is 203 g/mol. The van der Waals surface area contributed by atoms with Crippen LogP contribution >= 0.6 is 11.6 Å². The smallest absolute Gasteiger partial charge is 0.324 e. The predicted molar refractivity (Wildman–Crippen MR) is 48.6 cm³/mol. The van der Waals surface area contributed by atoms with Gasteiger partial charge in [-0.05, 0) is 5.56 Å². The number of hydrogen-bond acceptors (Lipinski definition) is 3. The highest BCUT2D eigenvalue weighted by molar-refractivity contribution is 6.30. The molecule has 4 nitrogen and oxygen atoms in total. The number of carbonyl (C=O) groups excluding carboxylic acids is 1. The van der Waals surface area contributed by atoms with Crippen LogP contribution < -0.4 is 0 Å². The lowest BCUT2D eigenvalue weighted by Gasteiger charge is -2.04. The summed E-state index contributed by atoms with van der Waals surface area (Å²) in [6, 6.07) is 0. The molecule has 0 N–H and O–H groups in total. The molecule has 72 valence electrons. The van der Waals surface area contributed by atoms with Gasteiger partial charge in [-0.15, -0.1) is 11.6 Å². The van der Waals surface area contributed by atoms with Gasteiger partial charge in [0, 0.05) is 19.7 Å². The first kappa shape index (κ1) is 10.1. The molecule has 0 aliphatic heterocycles. The molecule has 13 heavy (non-hydrogen) atoms. The van der Waals surface area contributed by atoms with Gasteiger partial charge in [0.25, 0.3) is 0 Å². The number of alkyl halides is 1. The molecule has 0 aromatic carbocycles. The molecule has 1 aromatic heterocycles. The quantitative estimate of drug-likeness (QED) is 0.537. The molecular weight excluding hydrogens is 192 g/mol. The van der Waals surface area contributed by atoms with Crippen molar-refractivity contribution < 1.29 is 9.53 Å². The Morgan fingerprint density at radius 3 is 3.00 bits per heavy atom. The summed E-state index contributed by atoms with van der Waals surface area (Å²) in [6.07, 6.45) is 3.94. The maximum atomic E-state index is 10.9. The number of halogens is 1. The summed E-state index contributed by atoms with van der Waals surface area (Å²) < 4.78 is 6.16. The molecule has 0 fully saturated rings. The van der Waals surface area contributed by atoms with Crippen LogP contribution in [0.5, 0.6) is 0 Å². The van der Waals surface area contributed by atoms with Crippen molar-refractivity contribution in [2.24, 2.45) is 7.05 Å². The van der Waals surface area contributed by atoms with E-state index in [1.54, 1.807) is 10.9 Å². The highest BCUT2D eigenvalue weighted by Gasteiger charge is 2.16. The van der Waals surface area contributed by atoms with Gasteiger partial charge in [0.2, 0.25) is 0 Å². The van der Waals surface area contributed by atoms with E-state index in [-0.39, 0.29) is 0 Å². The third-order valence-electron chi connectivity index (χ3n) is 1.63. The monoisotopic (exact) mass is 202 g/mol. The van der Waals surface area contributed by atoms with Crippen LogP contribution in [0.4, 0.5) is 0 Å². The van der Waals surface area contributed by atoms with E-state index in [1.807, 2.05) is 13.2 Å². The zero-order chi connectivity index (χ0) is 9.84. The first-order valence-electron chi connectivity index (χ1n) is 3.83. The van der Waals surface area contributed by atoms with Gasteiger partial charge < -0.3 is 4.74 Å². The Hall–Kier alpha value is -1.03. The number of carbonyl (C=O) groups is 1. The third-order valence-corrected chi connectivity index (χ3v) is 1.96. The Labute approximate surface area is 81.4 Å². The van der Waals surface area contributed by atoms with Crippen molar-refractivity contribution in [1.29, 1.82) is 0 Å². The van der Waals surface area contributed by atoms with E-state index < -0.39 is 11.3 Å². The molecule has 0 bridgehead atoms. The Balaban J connectivity index is 2.54. The molecule has 5 heteroatoms. The molecule has 0 radical (unpaired) electrons. The highest BCUT2D eigenvalue weighted by Crippen LogP contribution is 2.08. The Morgan fingerprint density at radius 2 is 2.54 bits per heavy atom. The van der Waals surface area contributed by atoms with Crippen molar-refractivity contribution in [3.63, 3.8) is 0 Å². The molecule has 0 aliphatic rings. The van der Waals surface area contributed by atoms with Crippen molar-refractivity contribution >= 4 is 17.6 Å².